The molecule has 4 nitrogen and oxygen atoms in total. The topological polar surface area (TPSA) is 53.2 Å². The van der Waals surface area contributed by atoms with Crippen molar-refractivity contribution in [1.82, 2.24) is 16.0 Å². The summed E-state index contributed by atoms with van der Waals surface area (Å²) in [5, 5.41) is 10.4. The van der Waals surface area contributed by atoms with E-state index >= 15 is 0 Å². The summed E-state index contributed by atoms with van der Waals surface area (Å²) in [4.78, 5) is 11.4. The van der Waals surface area contributed by atoms with Gasteiger partial charge in [-0.05, 0) is 38.3 Å². The van der Waals surface area contributed by atoms with Crippen LogP contribution in [0.15, 0.2) is 30.3 Å². The van der Waals surface area contributed by atoms with Crippen LogP contribution < -0.4 is 16.0 Å². The molecule has 21 heavy (non-hydrogen) atoms. The highest BCUT2D eigenvalue weighted by molar-refractivity contribution is 5.77. The van der Waals surface area contributed by atoms with Crippen molar-refractivity contribution in [3.63, 3.8) is 0 Å². The Kier molecular flexibility index (Phi) is 4.56. The minimum Gasteiger partial charge on any atom is -0.352 e. The molecular weight excluding hydrogens is 262 g/mol. The van der Waals surface area contributed by atoms with Crippen LogP contribution in [0, 0.1) is 0 Å². The molecule has 0 aromatic heterocycles. The molecule has 2 aliphatic rings. The van der Waals surface area contributed by atoms with Gasteiger partial charge in [0.05, 0.1) is 0 Å². The van der Waals surface area contributed by atoms with E-state index in [2.05, 4.69) is 53.2 Å². The molecule has 1 amide bonds. The van der Waals surface area contributed by atoms with Gasteiger partial charge in [0.25, 0.3) is 0 Å². The van der Waals surface area contributed by atoms with E-state index in [1.807, 2.05) is 0 Å². The van der Waals surface area contributed by atoms with Crippen LogP contribution in [0.2, 0.25) is 0 Å². The summed E-state index contributed by atoms with van der Waals surface area (Å²) in [6.07, 6.45) is 3.86. The van der Waals surface area contributed by atoms with E-state index in [0.717, 1.165) is 25.8 Å². The van der Waals surface area contributed by atoms with E-state index in [1.165, 1.54) is 5.56 Å². The number of benzene rings is 1. The first-order chi connectivity index (χ1) is 10.2. The molecule has 0 bridgehead atoms. The van der Waals surface area contributed by atoms with Crippen molar-refractivity contribution < 1.29 is 4.79 Å². The minimum absolute atomic E-state index is 0.188. The molecular formula is C17H25N3O. The lowest BCUT2D eigenvalue weighted by Gasteiger charge is -2.37. The lowest BCUT2D eigenvalue weighted by molar-refractivity contribution is -0.123. The van der Waals surface area contributed by atoms with Crippen LogP contribution >= 0.6 is 0 Å². The van der Waals surface area contributed by atoms with Crippen LogP contribution in [0.25, 0.3) is 0 Å². The van der Waals surface area contributed by atoms with Crippen LogP contribution in [-0.4, -0.2) is 30.6 Å². The molecule has 114 valence electrons. The van der Waals surface area contributed by atoms with E-state index < -0.39 is 0 Å². The fourth-order valence-electron chi connectivity index (χ4n) is 3.50. The second-order valence-corrected chi connectivity index (χ2v) is 6.31. The standard InChI is InChI=1S/C17H25N3O/c1-12-15(7-8-17(21)19-12)20-14-9-10-18-16(11-14)13-5-3-2-4-6-13/h2-6,12,14-16,18,20H,7-11H2,1H3,(H,19,21). The third-order valence-electron chi connectivity index (χ3n) is 4.73. The monoisotopic (exact) mass is 287 g/mol. The van der Waals surface area contributed by atoms with Gasteiger partial charge in [-0.25, -0.2) is 0 Å². The van der Waals surface area contributed by atoms with E-state index in [1.54, 1.807) is 0 Å². The predicted octanol–water partition coefficient (Wildman–Crippen LogP) is 1.74. The number of piperidine rings is 2. The summed E-state index contributed by atoms with van der Waals surface area (Å²) in [6.45, 7) is 3.15. The van der Waals surface area contributed by atoms with E-state index in [-0.39, 0.29) is 11.9 Å². The highest BCUT2D eigenvalue weighted by atomic mass is 16.1. The van der Waals surface area contributed by atoms with E-state index in [9.17, 15) is 4.79 Å². The molecule has 2 aliphatic heterocycles. The number of hydrogen-bond acceptors (Lipinski definition) is 3. The number of carbonyl (C=O) groups excluding carboxylic acids is 1. The Morgan fingerprint density at radius 2 is 2.00 bits per heavy atom. The average Bonchev–Trinajstić information content (AvgIpc) is 2.51. The molecule has 1 aromatic carbocycles. The van der Waals surface area contributed by atoms with Crippen molar-refractivity contribution in [2.45, 2.75) is 56.8 Å². The van der Waals surface area contributed by atoms with E-state index in [4.69, 9.17) is 0 Å². The first kappa shape index (κ1) is 14.5. The van der Waals surface area contributed by atoms with Crippen LogP contribution in [0.1, 0.15) is 44.2 Å². The lowest BCUT2D eigenvalue weighted by Crippen LogP contribution is -2.56. The SMILES string of the molecule is CC1NC(=O)CCC1NC1CCNC(c2ccccc2)C1. The quantitative estimate of drug-likeness (QED) is 0.794. The summed E-state index contributed by atoms with van der Waals surface area (Å²) < 4.78 is 0. The molecule has 0 aliphatic carbocycles. The van der Waals surface area contributed by atoms with Crippen LogP contribution in [0.3, 0.4) is 0 Å². The van der Waals surface area contributed by atoms with Crippen LogP contribution in [0.5, 0.6) is 0 Å². The van der Waals surface area contributed by atoms with Gasteiger partial charge < -0.3 is 16.0 Å². The summed E-state index contributed by atoms with van der Waals surface area (Å²) >= 11 is 0. The highest BCUT2D eigenvalue weighted by Crippen LogP contribution is 2.24. The summed E-state index contributed by atoms with van der Waals surface area (Å²) in [5.74, 6) is 0.188. The number of nitrogens with one attached hydrogen (secondary N) is 3. The zero-order valence-electron chi connectivity index (χ0n) is 12.6. The Hall–Kier alpha value is -1.39. The second-order valence-electron chi connectivity index (χ2n) is 6.31. The molecule has 2 saturated heterocycles. The number of hydrogen-bond donors (Lipinski definition) is 3. The Morgan fingerprint density at radius 3 is 2.76 bits per heavy atom. The van der Waals surface area contributed by atoms with Gasteiger partial charge in [0, 0.05) is 30.6 Å². The molecule has 3 rings (SSSR count). The van der Waals surface area contributed by atoms with Gasteiger partial charge in [-0.3, -0.25) is 4.79 Å². The average molecular weight is 287 g/mol. The normalized spacial score (nSPS) is 33.5. The first-order valence-corrected chi connectivity index (χ1v) is 8.06. The molecule has 0 saturated carbocycles. The maximum absolute atomic E-state index is 11.4. The smallest absolute Gasteiger partial charge is 0.220 e. The van der Waals surface area contributed by atoms with Gasteiger partial charge in [-0.15, -0.1) is 0 Å². The number of rotatable bonds is 3. The molecule has 0 spiro atoms. The zero-order valence-corrected chi connectivity index (χ0v) is 12.6. The predicted molar refractivity (Wildman–Crippen MR) is 84.0 cm³/mol. The Morgan fingerprint density at radius 1 is 1.19 bits per heavy atom. The fraction of sp³-hybridized carbons (Fsp3) is 0.588. The third-order valence-corrected chi connectivity index (χ3v) is 4.73. The van der Waals surface area contributed by atoms with Crippen molar-refractivity contribution >= 4 is 5.91 Å². The van der Waals surface area contributed by atoms with Crippen molar-refractivity contribution in [2.24, 2.45) is 0 Å². The van der Waals surface area contributed by atoms with Crippen LogP contribution in [-0.2, 0) is 4.79 Å². The van der Waals surface area contributed by atoms with Gasteiger partial charge in [-0.1, -0.05) is 30.3 Å². The molecule has 4 atom stereocenters. The summed E-state index contributed by atoms with van der Waals surface area (Å²) in [6, 6.07) is 12.3. The zero-order chi connectivity index (χ0) is 14.7. The molecule has 3 N–H and O–H groups in total. The highest BCUT2D eigenvalue weighted by Gasteiger charge is 2.29. The van der Waals surface area contributed by atoms with Gasteiger partial charge in [-0.2, -0.15) is 0 Å². The van der Waals surface area contributed by atoms with Crippen LogP contribution in [0.4, 0.5) is 0 Å². The largest absolute Gasteiger partial charge is 0.352 e. The third kappa shape index (κ3) is 3.63. The van der Waals surface area contributed by atoms with Crippen molar-refractivity contribution in [1.29, 1.82) is 0 Å². The fourth-order valence-corrected chi connectivity index (χ4v) is 3.50. The van der Waals surface area contributed by atoms with Gasteiger partial charge >= 0.3 is 0 Å². The maximum atomic E-state index is 11.4. The Bertz CT molecular complexity index is 476. The van der Waals surface area contributed by atoms with Gasteiger partial charge in [0.2, 0.25) is 5.91 Å². The van der Waals surface area contributed by atoms with Crippen molar-refractivity contribution in [2.75, 3.05) is 6.54 Å². The number of carbonyl (C=O) groups is 1. The molecule has 2 heterocycles. The lowest BCUT2D eigenvalue weighted by atomic mass is 9.91. The Balaban J connectivity index is 1.58. The molecule has 1 aromatic rings. The second kappa shape index (κ2) is 6.58. The number of amides is 1. The van der Waals surface area contributed by atoms with Crippen molar-refractivity contribution in [3.05, 3.63) is 35.9 Å². The summed E-state index contributed by atoms with van der Waals surface area (Å²) in [7, 11) is 0. The maximum Gasteiger partial charge on any atom is 0.220 e. The van der Waals surface area contributed by atoms with Crippen molar-refractivity contribution in [3.8, 4) is 0 Å². The summed E-state index contributed by atoms with van der Waals surface area (Å²) in [5.41, 5.74) is 1.37. The minimum atomic E-state index is 0.188. The molecule has 0 radical (unpaired) electrons. The van der Waals surface area contributed by atoms with Gasteiger partial charge in [0.15, 0.2) is 0 Å². The molecule has 2 fully saturated rings. The molecule has 4 heteroatoms. The molecule has 4 unspecified atom stereocenters. The first-order valence-electron chi connectivity index (χ1n) is 8.06. The Labute approximate surface area is 126 Å². The van der Waals surface area contributed by atoms with Gasteiger partial charge in [0.1, 0.15) is 0 Å². The van der Waals surface area contributed by atoms with E-state index in [0.29, 0.717) is 24.5 Å².